The van der Waals surface area contributed by atoms with Crippen molar-refractivity contribution in [2.45, 2.75) is 69.9 Å². The molecule has 1 N–H and O–H groups in total. The molecular weight excluding hydrogens is 428 g/mol. The van der Waals surface area contributed by atoms with Gasteiger partial charge in [0.2, 0.25) is 0 Å². The highest BCUT2D eigenvalue weighted by atomic mass is 16.7. The Hall–Kier alpha value is -1.99. The van der Waals surface area contributed by atoms with Gasteiger partial charge in [-0.05, 0) is 43.0 Å². The van der Waals surface area contributed by atoms with Gasteiger partial charge in [-0.25, -0.2) is 0 Å². The van der Waals surface area contributed by atoms with Gasteiger partial charge >= 0.3 is 0 Å². The summed E-state index contributed by atoms with van der Waals surface area (Å²) < 4.78 is 18.1. The molecule has 2 saturated heterocycles. The predicted octanol–water partition coefficient (Wildman–Crippen LogP) is 4.46. The lowest BCUT2D eigenvalue weighted by atomic mass is 9.62. The van der Waals surface area contributed by atoms with Gasteiger partial charge in [0.25, 0.3) is 0 Å². The summed E-state index contributed by atoms with van der Waals surface area (Å²) in [6, 6.07) is 10.4. The highest BCUT2D eigenvalue weighted by Gasteiger charge is 2.55. The summed E-state index contributed by atoms with van der Waals surface area (Å²) in [5, 5.41) is 12.4. The Bertz CT molecular complexity index is 986. The van der Waals surface area contributed by atoms with E-state index in [0.29, 0.717) is 24.9 Å². The monoisotopic (exact) mass is 466 g/mol. The van der Waals surface area contributed by atoms with E-state index in [2.05, 4.69) is 62.0 Å². The number of likely N-dealkylation sites (tertiary alicyclic amines) is 1. The van der Waals surface area contributed by atoms with E-state index in [0.717, 1.165) is 49.9 Å². The molecule has 0 bridgehead atoms. The van der Waals surface area contributed by atoms with Gasteiger partial charge in [-0.1, -0.05) is 45.0 Å². The molecular formula is C28H38N2O4. The first-order chi connectivity index (χ1) is 16.2. The third kappa shape index (κ3) is 4.15. The topological polar surface area (TPSA) is 64.1 Å². The number of aliphatic hydroxyl groups is 1. The molecule has 3 fully saturated rings. The number of rotatable bonds is 6. The zero-order chi connectivity index (χ0) is 24.0. The molecule has 184 valence electrons. The summed E-state index contributed by atoms with van der Waals surface area (Å²) >= 11 is 0. The van der Waals surface area contributed by atoms with Crippen LogP contribution < -0.4 is 4.74 Å². The average molecular weight is 467 g/mol. The second kappa shape index (κ2) is 8.90. The van der Waals surface area contributed by atoms with Gasteiger partial charge in [-0.3, -0.25) is 4.98 Å². The molecule has 1 saturated carbocycles. The molecule has 6 nitrogen and oxygen atoms in total. The second-order valence-electron chi connectivity index (χ2n) is 11.1. The van der Waals surface area contributed by atoms with Crippen molar-refractivity contribution < 1.29 is 19.3 Å². The largest absolute Gasteiger partial charge is 0.489 e. The van der Waals surface area contributed by atoms with Crippen molar-refractivity contribution in [3.05, 3.63) is 59.4 Å². The van der Waals surface area contributed by atoms with Crippen LogP contribution in [-0.4, -0.2) is 60.2 Å². The van der Waals surface area contributed by atoms with Crippen LogP contribution in [-0.2, 0) is 15.1 Å². The maximum Gasteiger partial charge on any atom is 0.168 e. The van der Waals surface area contributed by atoms with Crippen molar-refractivity contribution in [1.82, 2.24) is 9.88 Å². The molecule has 2 aromatic rings. The Morgan fingerprint density at radius 1 is 1.06 bits per heavy atom. The average Bonchev–Trinajstić information content (AvgIpc) is 3.27. The van der Waals surface area contributed by atoms with E-state index in [1.54, 1.807) is 12.4 Å². The summed E-state index contributed by atoms with van der Waals surface area (Å²) in [6.45, 7) is 9.53. The van der Waals surface area contributed by atoms with Crippen molar-refractivity contribution in [2.24, 2.45) is 5.41 Å². The van der Waals surface area contributed by atoms with Gasteiger partial charge in [0.15, 0.2) is 5.79 Å². The minimum absolute atomic E-state index is 0.0966. The van der Waals surface area contributed by atoms with Gasteiger partial charge in [0.1, 0.15) is 11.4 Å². The fourth-order valence-electron chi connectivity index (χ4n) is 6.16. The summed E-state index contributed by atoms with van der Waals surface area (Å²) in [6.07, 6.45) is 7.11. The standard InChI is InChI=1S/C28H38N2O4/c1-20(2)21-5-7-22(8-6-21)28(31,26(3)18-30(4)19-26)23-15-25(17-29-16-23)34-24-9-11-27(12-10-24)32-13-14-33-27/h5-8,15-17,20,24,31H,9-14,18-19H2,1-4H3/t28-/m0/s1. The van der Waals surface area contributed by atoms with Crippen LogP contribution in [0.2, 0.25) is 0 Å². The summed E-state index contributed by atoms with van der Waals surface area (Å²) in [4.78, 5) is 6.74. The van der Waals surface area contributed by atoms with E-state index in [-0.39, 0.29) is 11.5 Å². The molecule has 0 radical (unpaired) electrons. The molecule has 0 unspecified atom stereocenters. The Balaban J connectivity index is 1.40. The van der Waals surface area contributed by atoms with Crippen LogP contribution >= 0.6 is 0 Å². The number of aromatic nitrogens is 1. The van der Waals surface area contributed by atoms with Crippen LogP contribution in [0.4, 0.5) is 0 Å². The molecule has 2 aliphatic heterocycles. The van der Waals surface area contributed by atoms with Crippen LogP contribution in [0.5, 0.6) is 5.75 Å². The number of ether oxygens (including phenoxy) is 3. The van der Waals surface area contributed by atoms with E-state index in [4.69, 9.17) is 14.2 Å². The van der Waals surface area contributed by atoms with Gasteiger partial charge in [0.05, 0.1) is 25.5 Å². The van der Waals surface area contributed by atoms with Crippen molar-refractivity contribution in [3.8, 4) is 5.75 Å². The van der Waals surface area contributed by atoms with Crippen LogP contribution in [0, 0.1) is 5.41 Å². The Labute approximate surface area is 203 Å². The normalized spacial score (nSPS) is 24.2. The van der Waals surface area contributed by atoms with Crippen molar-refractivity contribution >= 4 is 0 Å². The molecule has 1 aromatic heterocycles. The zero-order valence-electron chi connectivity index (χ0n) is 20.9. The Morgan fingerprint density at radius 3 is 2.29 bits per heavy atom. The summed E-state index contributed by atoms with van der Waals surface area (Å²) in [5.74, 6) is 0.758. The minimum atomic E-state index is -1.16. The molecule has 0 amide bonds. The quantitative estimate of drug-likeness (QED) is 0.678. The predicted molar refractivity (Wildman–Crippen MR) is 131 cm³/mol. The van der Waals surface area contributed by atoms with Crippen LogP contribution in [0.15, 0.2) is 42.7 Å². The molecule has 1 aromatic carbocycles. The van der Waals surface area contributed by atoms with E-state index >= 15 is 0 Å². The van der Waals surface area contributed by atoms with Crippen molar-refractivity contribution in [3.63, 3.8) is 0 Å². The fourth-order valence-corrected chi connectivity index (χ4v) is 6.16. The van der Waals surface area contributed by atoms with Crippen LogP contribution in [0.25, 0.3) is 0 Å². The molecule has 3 aliphatic rings. The third-order valence-electron chi connectivity index (χ3n) is 8.05. The highest BCUT2D eigenvalue weighted by Crippen LogP contribution is 2.50. The first kappa shape index (κ1) is 23.7. The second-order valence-corrected chi connectivity index (χ2v) is 11.1. The molecule has 34 heavy (non-hydrogen) atoms. The van der Waals surface area contributed by atoms with E-state index in [1.807, 2.05) is 6.07 Å². The number of nitrogens with zero attached hydrogens (tertiary/aromatic N) is 2. The first-order valence-corrected chi connectivity index (χ1v) is 12.6. The van der Waals surface area contributed by atoms with Gasteiger partial charge in [0, 0.05) is 43.1 Å². The van der Waals surface area contributed by atoms with Gasteiger partial charge in [-0.2, -0.15) is 0 Å². The van der Waals surface area contributed by atoms with E-state index in [9.17, 15) is 5.11 Å². The fraction of sp³-hybridized carbons (Fsp3) is 0.607. The van der Waals surface area contributed by atoms with Crippen LogP contribution in [0.3, 0.4) is 0 Å². The summed E-state index contributed by atoms with van der Waals surface area (Å²) in [5.41, 5.74) is 1.47. The molecule has 3 heterocycles. The van der Waals surface area contributed by atoms with Crippen LogP contribution in [0.1, 0.15) is 69.1 Å². The third-order valence-corrected chi connectivity index (χ3v) is 8.05. The maximum atomic E-state index is 12.4. The number of hydrogen-bond donors (Lipinski definition) is 1. The van der Waals surface area contributed by atoms with E-state index < -0.39 is 11.4 Å². The highest BCUT2D eigenvalue weighted by molar-refractivity contribution is 5.43. The Morgan fingerprint density at radius 2 is 1.71 bits per heavy atom. The van der Waals surface area contributed by atoms with E-state index in [1.165, 1.54) is 5.56 Å². The molecule has 1 spiro atoms. The lowest BCUT2D eigenvalue weighted by molar-refractivity contribution is -0.186. The van der Waals surface area contributed by atoms with Gasteiger partial charge < -0.3 is 24.2 Å². The lowest BCUT2D eigenvalue weighted by Gasteiger charge is -2.55. The molecule has 1 aliphatic carbocycles. The zero-order valence-corrected chi connectivity index (χ0v) is 20.9. The molecule has 1 atom stereocenters. The summed E-state index contributed by atoms with van der Waals surface area (Å²) in [7, 11) is 2.09. The minimum Gasteiger partial charge on any atom is -0.489 e. The lowest BCUT2D eigenvalue weighted by Crippen LogP contribution is -2.63. The smallest absolute Gasteiger partial charge is 0.168 e. The van der Waals surface area contributed by atoms with Gasteiger partial charge in [-0.15, -0.1) is 0 Å². The number of benzene rings is 1. The SMILES string of the molecule is CC(C)c1ccc([C@](O)(c2cncc(OC3CCC4(CC3)OCCO4)c2)C2(C)CN(C)C2)cc1. The Kier molecular flexibility index (Phi) is 6.22. The number of pyridine rings is 1. The van der Waals surface area contributed by atoms with Crippen molar-refractivity contribution in [1.29, 1.82) is 0 Å². The molecule has 6 heteroatoms. The van der Waals surface area contributed by atoms with Crippen molar-refractivity contribution in [2.75, 3.05) is 33.4 Å². The first-order valence-electron chi connectivity index (χ1n) is 12.6. The number of hydrogen-bond acceptors (Lipinski definition) is 6. The maximum absolute atomic E-state index is 12.4. The molecule has 5 rings (SSSR count).